The van der Waals surface area contributed by atoms with Crippen LogP contribution in [0.15, 0.2) is 18.2 Å². The van der Waals surface area contributed by atoms with Crippen molar-refractivity contribution in [1.82, 2.24) is 9.80 Å². The van der Waals surface area contributed by atoms with Crippen LogP contribution in [0, 0.1) is 0 Å². The number of benzene rings is 1. The molecule has 0 aliphatic carbocycles. The highest BCUT2D eigenvalue weighted by molar-refractivity contribution is 5.95. The zero-order valence-corrected chi connectivity index (χ0v) is 13.4. The third kappa shape index (κ3) is 2.80. The first-order chi connectivity index (χ1) is 11.7. The van der Waals surface area contributed by atoms with E-state index in [0.717, 1.165) is 12.8 Å². The molecule has 128 valence electrons. The van der Waals surface area contributed by atoms with Crippen LogP contribution in [0.4, 0.5) is 0 Å². The van der Waals surface area contributed by atoms with Crippen molar-refractivity contribution in [3.63, 3.8) is 0 Å². The highest BCUT2D eigenvalue weighted by atomic mass is 16.7. The van der Waals surface area contributed by atoms with Crippen LogP contribution in [0.2, 0.25) is 0 Å². The van der Waals surface area contributed by atoms with E-state index in [2.05, 4.69) is 0 Å². The van der Waals surface area contributed by atoms with E-state index in [0.29, 0.717) is 49.8 Å². The highest BCUT2D eigenvalue weighted by Gasteiger charge is 2.31. The molecule has 1 aromatic rings. The molecule has 24 heavy (non-hydrogen) atoms. The Balaban J connectivity index is 1.37. The molecular formula is C17H20N2O5. The summed E-state index contributed by atoms with van der Waals surface area (Å²) in [6.07, 6.45) is 1.45. The van der Waals surface area contributed by atoms with E-state index in [1.54, 1.807) is 28.0 Å². The van der Waals surface area contributed by atoms with Crippen molar-refractivity contribution in [1.29, 1.82) is 0 Å². The number of hydrogen-bond donors (Lipinski definition) is 0. The number of hydrogen-bond acceptors (Lipinski definition) is 5. The van der Waals surface area contributed by atoms with Crippen LogP contribution in [0.5, 0.6) is 11.5 Å². The molecule has 0 spiro atoms. The summed E-state index contributed by atoms with van der Waals surface area (Å²) >= 11 is 0. The zero-order valence-electron chi connectivity index (χ0n) is 13.4. The van der Waals surface area contributed by atoms with Gasteiger partial charge in [0.2, 0.25) is 6.79 Å². The Labute approximate surface area is 140 Å². The average molecular weight is 332 g/mol. The minimum absolute atomic E-state index is 0.0440. The lowest BCUT2D eigenvalue weighted by atomic mass is 10.1. The van der Waals surface area contributed by atoms with Crippen molar-refractivity contribution < 1.29 is 23.8 Å². The Hall–Kier alpha value is -2.28. The highest BCUT2D eigenvalue weighted by Crippen LogP contribution is 2.32. The summed E-state index contributed by atoms with van der Waals surface area (Å²) in [5.74, 6) is 1.28. The fourth-order valence-electron chi connectivity index (χ4n) is 3.32. The van der Waals surface area contributed by atoms with Crippen LogP contribution in [0.25, 0.3) is 0 Å². The van der Waals surface area contributed by atoms with Gasteiger partial charge in [-0.15, -0.1) is 0 Å². The molecule has 7 heteroatoms. The van der Waals surface area contributed by atoms with Crippen LogP contribution in [0.1, 0.15) is 23.2 Å². The Morgan fingerprint density at radius 3 is 2.50 bits per heavy atom. The Morgan fingerprint density at radius 2 is 1.75 bits per heavy atom. The standard InChI is InChI=1S/C17H20N2O5/c20-16(12-3-4-13-15(10-12)24-11-23-13)18-5-7-19(8-6-18)17(21)14-2-1-9-22-14/h3-4,10,14H,1-2,5-9,11H2. The van der Waals surface area contributed by atoms with Crippen LogP contribution in [0.3, 0.4) is 0 Å². The van der Waals surface area contributed by atoms with Gasteiger partial charge in [0, 0.05) is 38.3 Å². The molecule has 7 nitrogen and oxygen atoms in total. The zero-order chi connectivity index (χ0) is 16.5. The van der Waals surface area contributed by atoms with Crippen LogP contribution < -0.4 is 9.47 Å². The van der Waals surface area contributed by atoms with E-state index in [1.807, 2.05) is 0 Å². The summed E-state index contributed by atoms with van der Waals surface area (Å²) in [7, 11) is 0. The number of amides is 2. The van der Waals surface area contributed by atoms with Gasteiger partial charge < -0.3 is 24.0 Å². The van der Waals surface area contributed by atoms with Crippen molar-refractivity contribution >= 4 is 11.8 Å². The second-order valence-corrected chi connectivity index (χ2v) is 6.19. The number of rotatable bonds is 2. The lowest BCUT2D eigenvalue weighted by Crippen LogP contribution is -2.52. The molecule has 3 aliphatic rings. The third-order valence-electron chi connectivity index (χ3n) is 4.70. The van der Waals surface area contributed by atoms with Crippen molar-refractivity contribution in [2.24, 2.45) is 0 Å². The first kappa shape index (κ1) is 15.3. The second kappa shape index (κ2) is 6.32. The summed E-state index contributed by atoms with van der Waals surface area (Å²) < 4.78 is 16.0. The van der Waals surface area contributed by atoms with Crippen LogP contribution in [-0.4, -0.2) is 67.3 Å². The molecule has 0 saturated carbocycles. The quantitative estimate of drug-likeness (QED) is 0.804. The molecule has 2 saturated heterocycles. The maximum Gasteiger partial charge on any atom is 0.254 e. The first-order valence-corrected chi connectivity index (χ1v) is 8.32. The molecule has 0 aromatic heterocycles. The molecule has 0 bridgehead atoms. The van der Waals surface area contributed by atoms with Gasteiger partial charge >= 0.3 is 0 Å². The number of nitrogens with zero attached hydrogens (tertiary/aromatic N) is 2. The predicted molar refractivity (Wildman–Crippen MR) is 84.0 cm³/mol. The van der Waals surface area contributed by atoms with E-state index in [-0.39, 0.29) is 24.7 Å². The van der Waals surface area contributed by atoms with Gasteiger partial charge in [0.1, 0.15) is 6.10 Å². The number of fused-ring (bicyclic) bond motifs is 1. The molecule has 3 aliphatic heterocycles. The largest absolute Gasteiger partial charge is 0.454 e. The lowest BCUT2D eigenvalue weighted by molar-refractivity contribution is -0.142. The van der Waals surface area contributed by atoms with E-state index in [4.69, 9.17) is 14.2 Å². The van der Waals surface area contributed by atoms with Gasteiger partial charge in [-0.1, -0.05) is 0 Å². The van der Waals surface area contributed by atoms with Gasteiger partial charge in [0.15, 0.2) is 11.5 Å². The summed E-state index contributed by atoms with van der Waals surface area (Å²) in [5.41, 5.74) is 0.582. The summed E-state index contributed by atoms with van der Waals surface area (Å²) in [5, 5.41) is 0. The van der Waals surface area contributed by atoms with Gasteiger partial charge in [-0.05, 0) is 31.0 Å². The number of carbonyl (C=O) groups excluding carboxylic acids is 2. The minimum Gasteiger partial charge on any atom is -0.454 e. The molecule has 3 heterocycles. The van der Waals surface area contributed by atoms with Gasteiger partial charge in [-0.25, -0.2) is 0 Å². The maximum atomic E-state index is 12.6. The molecule has 1 aromatic carbocycles. The number of ether oxygens (including phenoxy) is 3. The minimum atomic E-state index is -0.291. The maximum absolute atomic E-state index is 12.6. The molecule has 1 unspecified atom stereocenters. The second-order valence-electron chi connectivity index (χ2n) is 6.19. The molecule has 0 N–H and O–H groups in total. The van der Waals surface area contributed by atoms with E-state index in [1.165, 1.54) is 0 Å². The molecule has 2 fully saturated rings. The van der Waals surface area contributed by atoms with Gasteiger partial charge in [-0.3, -0.25) is 9.59 Å². The Kier molecular flexibility index (Phi) is 4.02. The molecular weight excluding hydrogens is 312 g/mol. The van der Waals surface area contributed by atoms with Gasteiger partial charge in [0.25, 0.3) is 11.8 Å². The van der Waals surface area contributed by atoms with E-state index < -0.39 is 0 Å². The number of carbonyl (C=O) groups is 2. The lowest BCUT2D eigenvalue weighted by Gasteiger charge is -2.35. The van der Waals surface area contributed by atoms with Crippen molar-refractivity contribution in [2.45, 2.75) is 18.9 Å². The molecule has 4 rings (SSSR count). The Morgan fingerprint density at radius 1 is 1.00 bits per heavy atom. The Bertz CT molecular complexity index is 648. The van der Waals surface area contributed by atoms with Crippen molar-refractivity contribution in [2.75, 3.05) is 39.6 Å². The smallest absolute Gasteiger partial charge is 0.254 e. The fraction of sp³-hybridized carbons (Fsp3) is 0.529. The normalized spacial score (nSPS) is 22.8. The SMILES string of the molecule is O=C(c1ccc2c(c1)OCO2)N1CCN(C(=O)C2CCCO2)CC1. The summed E-state index contributed by atoms with van der Waals surface area (Å²) in [6.45, 7) is 3.03. The molecule has 0 radical (unpaired) electrons. The third-order valence-corrected chi connectivity index (χ3v) is 4.70. The number of piperazine rings is 1. The average Bonchev–Trinajstić information content (AvgIpc) is 3.31. The predicted octanol–water partition coefficient (Wildman–Crippen LogP) is 0.879. The molecule has 2 amide bonds. The van der Waals surface area contributed by atoms with Crippen LogP contribution in [-0.2, 0) is 9.53 Å². The van der Waals surface area contributed by atoms with Crippen molar-refractivity contribution in [3.05, 3.63) is 23.8 Å². The van der Waals surface area contributed by atoms with Crippen LogP contribution >= 0.6 is 0 Å². The topological polar surface area (TPSA) is 68.3 Å². The summed E-state index contributed by atoms with van der Waals surface area (Å²) in [6, 6.07) is 5.22. The first-order valence-electron chi connectivity index (χ1n) is 8.32. The van der Waals surface area contributed by atoms with E-state index >= 15 is 0 Å². The van der Waals surface area contributed by atoms with Crippen molar-refractivity contribution in [3.8, 4) is 11.5 Å². The van der Waals surface area contributed by atoms with Gasteiger partial charge in [0.05, 0.1) is 0 Å². The van der Waals surface area contributed by atoms with Gasteiger partial charge in [-0.2, -0.15) is 0 Å². The summed E-state index contributed by atoms with van der Waals surface area (Å²) in [4.78, 5) is 28.6. The molecule has 1 atom stereocenters. The van der Waals surface area contributed by atoms with E-state index in [9.17, 15) is 9.59 Å². The fourth-order valence-corrected chi connectivity index (χ4v) is 3.32. The monoisotopic (exact) mass is 332 g/mol.